The monoisotopic (exact) mass is 407 g/mol. The number of piperazine rings is 1. The van der Waals surface area contributed by atoms with Crippen LogP contribution in [-0.2, 0) is 10.5 Å². The van der Waals surface area contributed by atoms with Gasteiger partial charge in [-0.2, -0.15) is 0 Å². The maximum Gasteiger partial charge on any atom is 0.291 e. The zero-order valence-corrected chi connectivity index (χ0v) is 16.6. The van der Waals surface area contributed by atoms with E-state index in [1.54, 1.807) is 18.0 Å². The molecule has 0 unspecified atom stereocenters. The van der Waals surface area contributed by atoms with Crippen LogP contribution in [0, 0.1) is 0 Å². The molecule has 7 heteroatoms. The van der Waals surface area contributed by atoms with Gasteiger partial charge >= 0.3 is 0 Å². The number of carbonyl (C=O) groups excluding carboxylic acids is 2. The molecule has 1 aliphatic heterocycles. The molecule has 0 saturated carbocycles. The Morgan fingerprint density at radius 2 is 1.90 bits per heavy atom. The third-order valence-corrected chi connectivity index (χ3v) is 5.68. The lowest BCUT2D eigenvalue weighted by Crippen LogP contribution is -2.47. The second-order valence-electron chi connectivity index (χ2n) is 6.65. The molecule has 0 bridgehead atoms. The second kappa shape index (κ2) is 8.87. The highest BCUT2D eigenvalue weighted by Crippen LogP contribution is 2.26. The standard InChI is InChI=1S/C22H21N3O3S/c26-20-14-25(12-11-23-20)18-8-6-17(7-9-18)24-22(27)21-16(10-13-28-21)15-29-19-4-2-1-3-5-19/h1-10,13H,11-12,14-15H2,(H,23,26)(H,24,27). The summed E-state index contributed by atoms with van der Waals surface area (Å²) in [7, 11) is 0. The first-order valence-corrected chi connectivity index (χ1v) is 10.3. The van der Waals surface area contributed by atoms with Gasteiger partial charge in [-0.1, -0.05) is 18.2 Å². The van der Waals surface area contributed by atoms with Gasteiger partial charge in [-0.25, -0.2) is 0 Å². The number of hydrogen-bond donors (Lipinski definition) is 2. The molecule has 1 aliphatic rings. The van der Waals surface area contributed by atoms with Crippen LogP contribution in [-0.4, -0.2) is 31.4 Å². The fraction of sp³-hybridized carbons (Fsp3) is 0.182. The van der Waals surface area contributed by atoms with Crippen LogP contribution in [0.1, 0.15) is 16.1 Å². The third-order valence-electron chi connectivity index (χ3n) is 4.62. The van der Waals surface area contributed by atoms with Gasteiger partial charge in [-0.05, 0) is 42.5 Å². The van der Waals surface area contributed by atoms with Crippen molar-refractivity contribution in [3.05, 3.63) is 78.3 Å². The maximum absolute atomic E-state index is 12.7. The van der Waals surface area contributed by atoms with E-state index in [0.29, 0.717) is 30.3 Å². The molecule has 2 amide bonds. The molecule has 0 radical (unpaired) electrons. The van der Waals surface area contributed by atoms with E-state index in [9.17, 15) is 9.59 Å². The van der Waals surface area contributed by atoms with E-state index in [4.69, 9.17) is 4.42 Å². The number of benzene rings is 2. The molecule has 2 N–H and O–H groups in total. The van der Waals surface area contributed by atoms with Gasteiger partial charge in [-0.15, -0.1) is 11.8 Å². The van der Waals surface area contributed by atoms with Crippen molar-refractivity contribution in [3.8, 4) is 0 Å². The summed E-state index contributed by atoms with van der Waals surface area (Å²) in [6.45, 7) is 1.76. The van der Waals surface area contributed by atoms with E-state index in [-0.39, 0.29) is 11.8 Å². The minimum atomic E-state index is -0.274. The molecule has 148 valence electrons. The van der Waals surface area contributed by atoms with Crippen LogP contribution in [0.3, 0.4) is 0 Å². The predicted molar refractivity (Wildman–Crippen MR) is 114 cm³/mol. The summed E-state index contributed by atoms with van der Waals surface area (Å²) >= 11 is 1.66. The molecule has 2 heterocycles. The van der Waals surface area contributed by atoms with E-state index in [1.807, 2.05) is 65.6 Å². The Hall–Kier alpha value is -3.19. The second-order valence-corrected chi connectivity index (χ2v) is 7.70. The summed E-state index contributed by atoms with van der Waals surface area (Å²) in [5.41, 5.74) is 2.49. The summed E-state index contributed by atoms with van der Waals surface area (Å²) in [5.74, 6) is 0.723. The fourth-order valence-electron chi connectivity index (χ4n) is 3.13. The summed E-state index contributed by atoms with van der Waals surface area (Å²) in [6, 6.07) is 19.3. The lowest BCUT2D eigenvalue weighted by molar-refractivity contribution is -0.120. The number of amides is 2. The molecule has 6 nitrogen and oxygen atoms in total. The zero-order valence-electron chi connectivity index (χ0n) is 15.8. The van der Waals surface area contributed by atoms with Crippen LogP contribution < -0.4 is 15.5 Å². The Labute approximate surface area is 173 Å². The zero-order chi connectivity index (χ0) is 20.1. The van der Waals surface area contributed by atoms with Gasteiger partial charge in [0.2, 0.25) is 5.91 Å². The highest BCUT2D eigenvalue weighted by Gasteiger charge is 2.18. The van der Waals surface area contributed by atoms with Crippen molar-refractivity contribution >= 4 is 35.0 Å². The average Bonchev–Trinajstić information content (AvgIpc) is 3.22. The number of nitrogens with zero attached hydrogens (tertiary/aromatic N) is 1. The van der Waals surface area contributed by atoms with Gasteiger partial charge in [0.25, 0.3) is 5.91 Å². The Bertz CT molecular complexity index is 986. The number of hydrogen-bond acceptors (Lipinski definition) is 5. The SMILES string of the molecule is O=C1CN(c2ccc(NC(=O)c3occc3CSc3ccccc3)cc2)CCN1. The van der Waals surface area contributed by atoms with Gasteiger partial charge in [-0.3, -0.25) is 9.59 Å². The number of nitrogens with one attached hydrogen (secondary N) is 2. The van der Waals surface area contributed by atoms with Crippen LogP contribution in [0.5, 0.6) is 0 Å². The van der Waals surface area contributed by atoms with Gasteiger partial charge in [0.05, 0.1) is 12.8 Å². The number of rotatable bonds is 6. The summed E-state index contributed by atoms with van der Waals surface area (Å²) in [5, 5.41) is 5.69. The van der Waals surface area contributed by atoms with Crippen molar-refractivity contribution in [1.82, 2.24) is 5.32 Å². The highest BCUT2D eigenvalue weighted by molar-refractivity contribution is 7.98. The third kappa shape index (κ3) is 4.81. The molecule has 1 aromatic heterocycles. The van der Waals surface area contributed by atoms with Crippen molar-refractivity contribution in [2.75, 3.05) is 29.9 Å². The van der Waals surface area contributed by atoms with Crippen molar-refractivity contribution in [3.63, 3.8) is 0 Å². The summed E-state index contributed by atoms with van der Waals surface area (Å²) in [6.07, 6.45) is 1.54. The molecular formula is C22H21N3O3S. The van der Waals surface area contributed by atoms with Crippen LogP contribution in [0.4, 0.5) is 11.4 Å². The van der Waals surface area contributed by atoms with Crippen LogP contribution in [0.25, 0.3) is 0 Å². The largest absolute Gasteiger partial charge is 0.459 e. The maximum atomic E-state index is 12.7. The fourth-order valence-corrected chi connectivity index (χ4v) is 4.03. The molecule has 4 rings (SSSR count). The van der Waals surface area contributed by atoms with Crippen LogP contribution in [0.2, 0.25) is 0 Å². The highest BCUT2D eigenvalue weighted by atomic mass is 32.2. The lowest BCUT2D eigenvalue weighted by Gasteiger charge is -2.28. The Morgan fingerprint density at radius 3 is 2.66 bits per heavy atom. The molecule has 2 aromatic carbocycles. The van der Waals surface area contributed by atoms with E-state index in [2.05, 4.69) is 10.6 Å². The predicted octanol–water partition coefficient (Wildman–Crippen LogP) is 3.76. The Kier molecular flexibility index (Phi) is 5.86. The molecular weight excluding hydrogens is 386 g/mol. The molecule has 0 spiro atoms. The normalized spacial score (nSPS) is 13.8. The van der Waals surface area contributed by atoms with Gasteiger partial charge in [0, 0.05) is 40.7 Å². The van der Waals surface area contributed by atoms with E-state index < -0.39 is 0 Å². The van der Waals surface area contributed by atoms with Crippen LogP contribution in [0.15, 0.2) is 76.2 Å². The Balaban J connectivity index is 1.38. The van der Waals surface area contributed by atoms with Crippen molar-refractivity contribution in [2.45, 2.75) is 10.6 Å². The minimum Gasteiger partial charge on any atom is -0.459 e. The lowest BCUT2D eigenvalue weighted by atomic mass is 10.2. The van der Waals surface area contributed by atoms with E-state index in [0.717, 1.165) is 22.7 Å². The Morgan fingerprint density at radius 1 is 1.10 bits per heavy atom. The smallest absolute Gasteiger partial charge is 0.291 e. The van der Waals surface area contributed by atoms with Gasteiger partial charge < -0.3 is 20.0 Å². The summed E-state index contributed by atoms with van der Waals surface area (Å²) < 4.78 is 5.44. The number of anilines is 2. The average molecular weight is 407 g/mol. The van der Waals surface area contributed by atoms with Crippen molar-refractivity contribution in [1.29, 1.82) is 0 Å². The quantitative estimate of drug-likeness (QED) is 0.609. The van der Waals surface area contributed by atoms with E-state index >= 15 is 0 Å². The molecule has 1 saturated heterocycles. The number of carbonyl (C=O) groups is 2. The summed E-state index contributed by atoms with van der Waals surface area (Å²) in [4.78, 5) is 27.4. The van der Waals surface area contributed by atoms with Crippen molar-refractivity contribution < 1.29 is 14.0 Å². The minimum absolute atomic E-state index is 0.0207. The van der Waals surface area contributed by atoms with Gasteiger partial charge in [0.15, 0.2) is 5.76 Å². The molecule has 29 heavy (non-hydrogen) atoms. The van der Waals surface area contributed by atoms with Crippen molar-refractivity contribution in [2.24, 2.45) is 0 Å². The first kappa shape index (κ1) is 19.1. The van der Waals surface area contributed by atoms with Crippen LogP contribution >= 0.6 is 11.8 Å². The molecule has 0 atom stereocenters. The molecule has 0 aliphatic carbocycles. The van der Waals surface area contributed by atoms with E-state index in [1.165, 1.54) is 0 Å². The number of furan rings is 1. The number of thioether (sulfide) groups is 1. The molecule has 3 aromatic rings. The molecule has 1 fully saturated rings. The first-order valence-electron chi connectivity index (χ1n) is 9.36. The van der Waals surface area contributed by atoms with Gasteiger partial charge in [0.1, 0.15) is 0 Å². The first-order chi connectivity index (χ1) is 14.2. The topological polar surface area (TPSA) is 74.6 Å².